The van der Waals surface area contributed by atoms with Gasteiger partial charge >= 0.3 is 6.09 Å². The molecule has 0 aromatic carbocycles. The third-order valence-electron chi connectivity index (χ3n) is 3.08. The first kappa shape index (κ1) is 18.2. The number of carbonyl (C=O) groups is 1. The molecule has 0 saturated heterocycles. The Bertz CT molecular complexity index is 223. The number of carbonyl (C=O) groups excluding carboxylic acids is 1. The Kier molecular flexibility index (Phi) is 11.7. The lowest BCUT2D eigenvalue weighted by Gasteiger charge is -2.20. The summed E-state index contributed by atoms with van der Waals surface area (Å²) in [4.78, 5) is 13.5. The minimum absolute atomic E-state index is 0.198. The van der Waals surface area contributed by atoms with Crippen LogP contribution in [0.15, 0.2) is 0 Å². The van der Waals surface area contributed by atoms with Crippen LogP contribution in [-0.4, -0.2) is 36.9 Å². The average molecular weight is 273 g/mol. The molecule has 0 aliphatic heterocycles. The van der Waals surface area contributed by atoms with Gasteiger partial charge in [-0.05, 0) is 32.6 Å². The van der Waals surface area contributed by atoms with Crippen molar-refractivity contribution in [3.63, 3.8) is 0 Å². The van der Waals surface area contributed by atoms with Crippen molar-refractivity contribution in [3.8, 4) is 0 Å². The van der Waals surface area contributed by atoms with E-state index in [-0.39, 0.29) is 12.3 Å². The molecule has 0 radical (unpaired) electrons. The summed E-state index contributed by atoms with van der Waals surface area (Å²) >= 11 is 0. The summed E-state index contributed by atoms with van der Waals surface area (Å²) in [5.74, 6) is 0. The van der Waals surface area contributed by atoms with Crippen LogP contribution in [0.4, 0.5) is 4.79 Å². The molecule has 0 spiro atoms. The van der Waals surface area contributed by atoms with Crippen LogP contribution in [0.25, 0.3) is 0 Å². The van der Waals surface area contributed by atoms with Gasteiger partial charge in [0.05, 0.1) is 12.8 Å². The third-order valence-corrected chi connectivity index (χ3v) is 3.08. The lowest BCUT2D eigenvalue weighted by Crippen LogP contribution is -2.33. The molecule has 5 nitrogen and oxygen atoms in total. The molecule has 0 saturated carbocycles. The number of nitrogens with zero attached hydrogens (tertiary/aromatic N) is 1. The molecule has 4 N–H and O–H groups in total. The van der Waals surface area contributed by atoms with Gasteiger partial charge in [-0.2, -0.15) is 0 Å². The molecule has 114 valence electrons. The first-order valence-electron chi connectivity index (χ1n) is 7.54. The first-order valence-corrected chi connectivity index (χ1v) is 7.54. The number of amides is 1. The van der Waals surface area contributed by atoms with Gasteiger partial charge in [-0.3, -0.25) is 0 Å². The van der Waals surface area contributed by atoms with Crippen LogP contribution < -0.4 is 11.5 Å². The average Bonchev–Trinajstić information content (AvgIpc) is 2.38. The molecular weight excluding hydrogens is 242 g/mol. The van der Waals surface area contributed by atoms with E-state index in [1.807, 2.05) is 6.92 Å². The van der Waals surface area contributed by atoms with Gasteiger partial charge in [0.15, 0.2) is 0 Å². The summed E-state index contributed by atoms with van der Waals surface area (Å²) < 4.78 is 5.26. The molecule has 0 aromatic rings. The van der Waals surface area contributed by atoms with Gasteiger partial charge < -0.3 is 21.1 Å². The van der Waals surface area contributed by atoms with E-state index in [0.29, 0.717) is 13.2 Å². The maximum absolute atomic E-state index is 11.8. The van der Waals surface area contributed by atoms with Gasteiger partial charge in [0.25, 0.3) is 0 Å². The predicted molar refractivity (Wildman–Crippen MR) is 78.8 cm³/mol. The highest BCUT2D eigenvalue weighted by molar-refractivity contribution is 5.67. The van der Waals surface area contributed by atoms with E-state index in [1.54, 1.807) is 4.90 Å². The van der Waals surface area contributed by atoms with Crippen molar-refractivity contribution in [2.75, 3.05) is 19.7 Å². The molecule has 0 bridgehead atoms. The van der Waals surface area contributed by atoms with Crippen molar-refractivity contribution in [2.24, 2.45) is 11.5 Å². The maximum atomic E-state index is 11.8. The van der Waals surface area contributed by atoms with Crippen LogP contribution in [0.1, 0.15) is 58.8 Å². The van der Waals surface area contributed by atoms with Crippen molar-refractivity contribution < 1.29 is 9.53 Å². The lowest BCUT2D eigenvalue weighted by atomic mass is 10.2. The molecule has 0 rings (SSSR count). The monoisotopic (exact) mass is 273 g/mol. The van der Waals surface area contributed by atoms with Crippen LogP contribution in [0, 0.1) is 0 Å². The third kappa shape index (κ3) is 10.8. The molecule has 0 aliphatic rings. The molecule has 0 fully saturated rings. The number of nitrogens with two attached hydrogens (primary N) is 2. The largest absolute Gasteiger partial charge is 0.449 e. The molecule has 0 heterocycles. The summed E-state index contributed by atoms with van der Waals surface area (Å²) in [6.45, 7) is 6.06. The standard InChI is InChI=1S/C14H31N3O2/c1-3-5-6-9-12-19-14(18)17(4-2)11-8-7-10-13(15)16/h13H,3-12,15-16H2,1-2H3. The Balaban J connectivity index is 3.66. The topological polar surface area (TPSA) is 81.6 Å². The highest BCUT2D eigenvalue weighted by Gasteiger charge is 2.12. The van der Waals surface area contributed by atoms with E-state index in [4.69, 9.17) is 16.2 Å². The minimum Gasteiger partial charge on any atom is -0.449 e. The maximum Gasteiger partial charge on any atom is 0.409 e. The summed E-state index contributed by atoms with van der Waals surface area (Å²) in [7, 11) is 0. The highest BCUT2D eigenvalue weighted by Crippen LogP contribution is 2.04. The van der Waals surface area contributed by atoms with E-state index in [0.717, 1.165) is 38.6 Å². The molecule has 0 aliphatic carbocycles. The zero-order valence-corrected chi connectivity index (χ0v) is 12.6. The van der Waals surface area contributed by atoms with Crippen LogP contribution in [0.2, 0.25) is 0 Å². The molecule has 5 heteroatoms. The van der Waals surface area contributed by atoms with E-state index in [1.165, 1.54) is 12.8 Å². The van der Waals surface area contributed by atoms with E-state index >= 15 is 0 Å². The van der Waals surface area contributed by atoms with Gasteiger partial charge in [-0.15, -0.1) is 0 Å². The Morgan fingerprint density at radius 1 is 1.11 bits per heavy atom. The number of rotatable bonds is 11. The van der Waals surface area contributed by atoms with Crippen LogP contribution in [0.5, 0.6) is 0 Å². The Labute approximate surface area is 117 Å². The van der Waals surface area contributed by atoms with Crippen molar-refractivity contribution in [1.82, 2.24) is 4.90 Å². The molecule has 19 heavy (non-hydrogen) atoms. The zero-order valence-electron chi connectivity index (χ0n) is 12.6. The normalized spacial score (nSPS) is 10.8. The second-order valence-electron chi connectivity index (χ2n) is 4.91. The van der Waals surface area contributed by atoms with Gasteiger partial charge in [0.1, 0.15) is 0 Å². The molecule has 1 amide bonds. The van der Waals surface area contributed by atoms with Crippen molar-refractivity contribution >= 4 is 6.09 Å². The molecule has 0 atom stereocenters. The van der Waals surface area contributed by atoms with Gasteiger partial charge in [-0.1, -0.05) is 26.2 Å². The van der Waals surface area contributed by atoms with E-state index in [9.17, 15) is 4.79 Å². The fourth-order valence-electron chi connectivity index (χ4n) is 1.84. The fourth-order valence-corrected chi connectivity index (χ4v) is 1.84. The summed E-state index contributed by atoms with van der Waals surface area (Å²) in [6.07, 6.45) is 6.69. The summed E-state index contributed by atoms with van der Waals surface area (Å²) in [5.41, 5.74) is 11.0. The van der Waals surface area contributed by atoms with Crippen LogP contribution in [0.3, 0.4) is 0 Å². The van der Waals surface area contributed by atoms with E-state index < -0.39 is 0 Å². The summed E-state index contributed by atoms with van der Waals surface area (Å²) in [5, 5.41) is 0. The number of hydrogen-bond donors (Lipinski definition) is 2. The van der Waals surface area contributed by atoms with Gasteiger partial charge in [0, 0.05) is 13.1 Å². The fraction of sp³-hybridized carbons (Fsp3) is 0.929. The smallest absolute Gasteiger partial charge is 0.409 e. The quantitative estimate of drug-likeness (QED) is 0.447. The van der Waals surface area contributed by atoms with Crippen molar-refractivity contribution in [2.45, 2.75) is 65.0 Å². The minimum atomic E-state index is -0.249. The number of unbranched alkanes of at least 4 members (excludes halogenated alkanes) is 4. The zero-order chi connectivity index (χ0) is 14.5. The molecular formula is C14H31N3O2. The van der Waals surface area contributed by atoms with Crippen LogP contribution in [-0.2, 0) is 4.74 Å². The second kappa shape index (κ2) is 12.2. The number of hydrogen-bond acceptors (Lipinski definition) is 4. The highest BCUT2D eigenvalue weighted by atomic mass is 16.6. The Morgan fingerprint density at radius 3 is 2.42 bits per heavy atom. The van der Waals surface area contributed by atoms with E-state index in [2.05, 4.69) is 6.92 Å². The first-order chi connectivity index (χ1) is 9.11. The SMILES string of the molecule is CCCCCCOC(=O)N(CC)CCCCC(N)N. The Hall–Kier alpha value is -0.810. The molecule has 0 unspecified atom stereocenters. The summed E-state index contributed by atoms with van der Waals surface area (Å²) in [6, 6.07) is 0. The van der Waals surface area contributed by atoms with Gasteiger partial charge in [-0.25, -0.2) is 4.79 Å². The van der Waals surface area contributed by atoms with Crippen molar-refractivity contribution in [1.29, 1.82) is 0 Å². The number of ether oxygens (including phenoxy) is 1. The molecule has 0 aromatic heterocycles. The lowest BCUT2D eigenvalue weighted by molar-refractivity contribution is 0.102. The van der Waals surface area contributed by atoms with Crippen LogP contribution >= 0.6 is 0 Å². The van der Waals surface area contributed by atoms with Crippen molar-refractivity contribution in [3.05, 3.63) is 0 Å². The van der Waals surface area contributed by atoms with Gasteiger partial charge in [0.2, 0.25) is 0 Å². The predicted octanol–water partition coefficient (Wildman–Crippen LogP) is 2.44. The Morgan fingerprint density at radius 2 is 1.84 bits per heavy atom. The second-order valence-corrected chi connectivity index (χ2v) is 4.91.